The number of benzene rings is 1. The second-order valence-corrected chi connectivity index (χ2v) is 8.85. The quantitative estimate of drug-likeness (QED) is 0.504. The van der Waals surface area contributed by atoms with Gasteiger partial charge in [0.25, 0.3) is 5.91 Å². The van der Waals surface area contributed by atoms with Gasteiger partial charge in [-0.05, 0) is 45.4 Å². The highest BCUT2D eigenvalue weighted by Crippen LogP contribution is 2.28. The highest BCUT2D eigenvalue weighted by atomic mass is 32.1. The van der Waals surface area contributed by atoms with Crippen LogP contribution in [-0.4, -0.2) is 39.2 Å². The van der Waals surface area contributed by atoms with Crippen molar-refractivity contribution in [2.45, 2.75) is 52.9 Å². The van der Waals surface area contributed by atoms with Crippen molar-refractivity contribution < 1.29 is 19.4 Å². The van der Waals surface area contributed by atoms with Crippen LogP contribution in [0.15, 0.2) is 42.6 Å². The number of carbonyl (C=O) groups is 2. The van der Waals surface area contributed by atoms with E-state index in [1.54, 1.807) is 32.2 Å². The molecular weight excluding hydrogens is 426 g/mol. The first kappa shape index (κ1) is 23.6. The number of aromatic nitrogens is 2. The minimum Gasteiger partial charge on any atom is -0.479 e. The maximum atomic E-state index is 12.7. The van der Waals surface area contributed by atoms with Crippen LogP contribution >= 0.6 is 11.3 Å². The molecule has 0 saturated carbocycles. The summed E-state index contributed by atoms with van der Waals surface area (Å²) in [6, 6.07) is 11.6. The second-order valence-electron chi connectivity index (χ2n) is 7.85. The van der Waals surface area contributed by atoms with Crippen LogP contribution in [0.1, 0.15) is 46.0 Å². The third-order valence-electron chi connectivity index (χ3n) is 4.75. The maximum Gasteiger partial charge on any atom is 0.333 e. The lowest BCUT2D eigenvalue weighted by Gasteiger charge is -2.16. The van der Waals surface area contributed by atoms with E-state index in [1.807, 2.05) is 38.1 Å². The van der Waals surface area contributed by atoms with Crippen molar-refractivity contribution in [2.24, 2.45) is 0 Å². The van der Waals surface area contributed by atoms with Gasteiger partial charge in [0.2, 0.25) is 0 Å². The molecule has 32 heavy (non-hydrogen) atoms. The van der Waals surface area contributed by atoms with Crippen LogP contribution in [0.2, 0.25) is 0 Å². The number of carboxylic acid groups (broad SMARTS) is 1. The molecule has 0 aliphatic rings. The number of ether oxygens (including phenoxy) is 1. The van der Waals surface area contributed by atoms with E-state index in [0.29, 0.717) is 16.3 Å². The first-order valence-corrected chi connectivity index (χ1v) is 11.2. The zero-order valence-electron chi connectivity index (χ0n) is 18.6. The number of amides is 1. The Labute approximate surface area is 191 Å². The van der Waals surface area contributed by atoms with E-state index in [9.17, 15) is 14.7 Å². The molecule has 1 aromatic carbocycles. The molecule has 0 radical (unpaired) electrons. The Hall–Kier alpha value is -3.10. The SMILES string of the molecule is Cc1ccc(-c2nc(C)c(C(=O)NCc3cc(CC(OC(C)C)C(=O)O)ccn3)s2)cc1. The van der Waals surface area contributed by atoms with E-state index in [0.717, 1.165) is 16.1 Å². The summed E-state index contributed by atoms with van der Waals surface area (Å²) >= 11 is 1.36. The third-order valence-corrected chi connectivity index (χ3v) is 5.95. The summed E-state index contributed by atoms with van der Waals surface area (Å²) in [5.41, 5.74) is 4.26. The number of hydrogen-bond donors (Lipinski definition) is 2. The minimum absolute atomic E-state index is 0.191. The van der Waals surface area contributed by atoms with Crippen molar-refractivity contribution in [3.63, 3.8) is 0 Å². The number of rotatable bonds is 9. The highest BCUT2D eigenvalue weighted by molar-refractivity contribution is 7.17. The molecule has 2 heterocycles. The molecule has 0 aliphatic heterocycles. The smallest absolute Gasteiger partial charge is 0.333 e. The number of thiazole rings is 1. The number of pyridine rings is 1. The Bertz CT molecular complexity index is 1090. The van der Waals surface area contributed by atoms with Gasteiger partial charge in [-0.3, -0.25) is 9.78 Å². The molecule has 1 unspecified atom stereocenters. The van der Waals surface area contributed by atoms with E-state index < -0.39 is 12.1 Å². The van der Waals surface area contributed by atoms with E-state index in [1.165, 1.54) is 16.9 Å². The molecule has 8 heteroatoms. The summed E-state index contributed by atoms with van der Waals surface area (Å²) in [5.74, 6) is -1.22. The molecule has 2 N–H and O–H groups in total. The van der Waals surface area contributed by atoms with Crippen molar-refractivity contribution in [1.82, 2.24) is 15.3 Å². The normalized spacial score (nSPS) is 12.0. The molecular formula is C24H27N3O4S. The van der Waals surface area contributed by atoms with Crippen molar-refractivity contribution in [3.05, 3.63) is 70.0 Å². The van der Waals surface area contributed by atoms with Crippen LogP contribution in [0.25, 0.3) is 10.6 Å². The molecule has 2 aromatic heterocycles. The molecule has 1 atom stereocenters. The lowest BCUT2D eigenvalue weighted by Crippen LogP contribution is -2.29. The molecule has 3 aromatic rings. The molecule has 0 fully saturated rings. The molecule has 1 amide bonds. The Morgan fingerprint density at radius 1 is 1.16 bits per heavy atom. The van der Waals surface area contributed by atoms with Gasteiger partial charge in [0, 0.05) is 18.2 Å². The molecule has 7 nitrogen and oxygen atoms in total. The van der Waals surface area contributed by atoms with Gasteiger partial charge in [0.15, 0.2) is 6.10 Å². The fraction of sp³-hybridized carbons (Fsp3) is 0.333. The molecule has 3 rings (SSSR count). The zero-order valence-corrected chi connectivity index (χ0v) is 19.4. The number of nitrogens with one attached hydrogen (secondary N) is 1. The van der Waals surface area contributed by atoms with Gasteiger partial charge in [0.05, 0.1) is 24.0 Å². The van der Waals surface area contributed by atoms with Crippen molar-refractivity contribution in [1.29, 1.82) is 0 Å². The van der Waals surface area contributed by atoms with Crippen molar-refractivity contribution in [2.75, 3.05) is 0 Å². The van der Waals surface area contributed by atoms with Crippen LogP contribution in [0.3, 0.4) is 0 Å². The summed E-state index contributed by atoms with van der Waals surface area (Å²) in [7, 11) is 0. The Kier molecular flexibility index (Phi) is 7.71. The average molecular weight is 454 g/mol. The van der Waals surface area contributed by atoms with Gasteiger partial charge in [-0.2, -0.15) is 0 Å². The van der Waals surface area contributed by atoms with Gasteiger partial charge in [-0.15, -0.1) is 11.3 Å². The highest BCUT2D eigenvalue weighted by Gasteiger charge is 2.21. The molecule has 0 saturated heterocycles. The topological polar surface area (TPSA) is 101 Å². The van der Waals surface area contributed by atoms with E-state index in [-0.39, 0.29) is 25.0 Å². The van der Waals surface area contributed by atoms with Gasteiger partial charge in [-0.1, -0.05) is 29.8 Å². The summed E-state index contributed by atoms with van der Waals surface area (Å²) < 4.78 is 5.47. The molecule has 168 valence electrons. The summed E-state index contributed by atoms with van der Waals surface area (Å²) in [5, 5.41) is 13.1. The maximum absolute atomic E-state index is 12.7. The lowest BCUT2D eigenvalue weighted by molar-refractivity contribution is -0.153. The van der Waals surface area contributed by atoms with Gasteiger partial charge in [0.1, 0.15) is 9.88 Å². The summed E-state index contributed by atoms with van der Waals surface area (Å²) in [6.45, 7) is 7.68. The molecule has 0 spiro atoms. The first-order valence-electron chi connectivity index (χ1n) is 10.4. The van der Waals surface area contributed by atoms with E-state index in [4.69, 9.17) is 4.74 Å². The number of hydrogen-bond acceptors (Lipinski definition) is 6. The number of carboxylic acids is 1. The van der Waals surface area contributed by atoms with E-state index in [2.05, 4.69) is 15.3 Å². The van der Waals surface area contributed by atoms with Crippen molar-refractivity contribution >= 4 is 23.2 Å². The predicted octanol–water partition coefficient (Wildman–Crippen LogP) is 4.17. The monoisotopic (exact) mass is 453 g/mol. The van der Waals surface area contributed by atoms with Gasteiger partial charge >= 0.3 is 5.97 Å². The standard InChI is InChI=1S/C24H27N3O4S/c1-14(2)31-20(24(29)30)12-17-9-10-25-19(11-17)13-26-22(28)21-16(4)27-23(32-21)18-7-5-15(3)6-8-18/h5-11,14,20H,12-13H2,1-4H3,(H,26,28)(H,29,30). The Balaban J connectivity index is 1.66. The molecule has 0 bridgehead atoms. The number of nitrogens with zero attached hydrogens (tertiary/aromatic N) is 2. The fourth-order valence-electron chi connectivity index (χ4n) is 3.17. The Morgan fingerprint density at radius 2 is 1.88 bits per heavy atom. The van der Waals surface area contributed by atoms with Crippen molar-refractivity contribution in [3.8, 4) is 10.6 Å². The average Bonchev–Trinajstić information content (AvgIpc) is 3.13. The fourth-order valence-corrected chi connectivity index (χ4v) is 4.15. The van der Waals surface area contributed by atoms with Crippen LogP contribution < -0.4 is 5.32 Å². The number of carbonyl (C=O) groups excluding carboxylic acids is 1. The van der Waals surface area contributed by atoms with Crippen LogP contribution in [0.4, 0.5) is 0 Å². The number of aryl methyl sites for hydroxylation is 2. The first-order chi connectivity index (χ1) is 15.2. The molecule has 0 aliphatic carbocycles. The second kappa shape index (κ2) is 10.5. The predicted molar refractivity (Wildman–Crippen MR) is 124 cm³/mol. The summed E-state index contributed by atoms with van der Waals surface area (Å²) in [4.78, 5) is 33.6. The van der Waals surface area contributed by atoms with Crippen LogP contribution in [0, 0.1) is 13.8 Å². The largest absolute Gasteiger partial charge is 0.479 e. The van der Waals surface area contributed by atoms with E-state index >= 15 is 0 Å². The third kappa shape index (κ3) is 6.21. The van der Waals surface area contributed by atoms with Gasteiger partial charge < -0.3 is 15.2 Å². The number of aliphatic carboxylic acids is 1. The lowest BCUT2D eigenvalue weighted by atomic mass is 10.1. The van der Waals surface area contributed by atoms with Crippen LogP contribution in [0.5, 0.6) is 0 Å². The van der Waals surface area contributed by atoms with Crippen LogP contribution in [-0.2, 0) is 22.5 Å². The zero-order chi connectivity index (χ0) is 23.3. The Morgan fingerprint density at radius 3 is 2.53 bits per heavy atom. The van der Waals surface area contributed by atoms with Gasteiger partial charge in [-0.25, -0.2) is 9.78 Å². The minimum atomic E-state index is -1.00. The summed E-state index contributed by atoms with van der Waals surface area (Å²) in [6.07, 6.45) is 0.715.